The summed E-state index contributed by atoms with van der Waals surface area (Å²) in [6.45, 7) is 4.04. The fourth-order valence-corrected chi connectivity index (χ4v) is 3.47. The molecular weight excluding hydrogens is 352 g/mol. The highest BCUT2D eigenvalue weighted by molar-refractivity contribution is 5.74. The summed E-state index contributed by atoms with van der Waals surface area (Å²) < 4.78 is 5.23. The van der Waals surface area contributed by atoms with Gasteiger partial charge in [0.05, 0.1) is 7.11 Å². The number of methoxy groups -OCH3 is 1. The van der Waals surface area contributed by atoms with Gasteiger partial charge in [-0.25, -0.2) is 4.79 Å². The van der Waals surface area contributed by atoms with Crippen LogP contribution in [0.5, 0.6) is 5.75 Å². The van der Waals surface area contributed by atoms with Gasteiger partial charge in [-0.15, -0.1) is 0 Å². The highest BCUT2D eigenvalue weighted by atomic mass is 16.5. The number of carbonyl (C=O) groups excluding carboxylic acids is 1. The lowest BCUT2D eigenvalue weighted by molar-refractivity contribution is 0.182. The van der Waals surface area contributed by atoms with Crippen LogP contribution in [-0.4, -0.2) is 54.6 Å². The molecule has 0 saturated carbocycles. The second kappa shape index (κ2) is 10.1. The Morgan fingerprint density at radius 1 is 1.11 bits per heavy atom. The molecule has 0 spiro atoms. The van der Waals surface area contributed by atoms with Gasteiger partial charge in [-0.05, 0) is 74.3 Å². The topological polar surface area (TPSA) is 57.7 Å². The number of pyridine rings is 1. The van der Waals surface area contributed by atoms with Gasteiger partial charge in [0.15, 0.2) is 0 Å². The van der Waals surface area contributed by atoms with E-state index in [0.29, 0.717) is 19.0 Å². The number of ether oxygens (including phenoxy) is 1. The maximum atomic E-state index is 12.9. The van der Waals surface area contributed by atoms with Crippen LogP contribution in [0.1, 0.15) is 24.0 Å². The van der Waals surface area contributed by atoms with Crippen molar-refractivity contribution >= 4 is 6.03 Å². The van der Waals surface area contributed by atoms with Crippen molar-refractivity contribution in [2.24, 2.45) is 5.92 Å². The lowest BCUT2D eigenvalue weighted by Crippen LogP contribution is -2.43. The van der Waals surface area contributed by atoms with Crippen molar-refractivity contribution in [1.82, 2.24) is 20.1 Å². The van der Waals surface area contributed by atoms with Gasteiger partial charge >= 0.3 is 6.03 Å². The van der Waals surface area contributed by atoms with Crippen molar-refractivity contribution in [3.8, 4) is 5.75 Å². The summed E-state index contributed by atoms with van der Waals surface area (Å²) in [4.78, 5) is 21.2. The summed E-state index contributed by atoms with van der Waals surface area (Å²) in [6.07, 6.45) is 5.80. The van der Waals surface area contributed by atoms with E-state index in [-0.39, 0.29) is 6.03 Å². The Labute approximate surface area is 167 Å². The average molecular weight is 383 g/mol. The average Bonchev–Trinajstić information content (AvgIpc) is 2.74. The maximum absolute atomic E-state index is 12.9. The van der Waals surface area contributed by atoms with E-state index >= 15 is 0 Å². The highest BCUT2D eigenvalue weighted by Crippen LogP contribution is 2.17. The van der Waals surface area contributed by atoms with Crippen molar-refractivity contribution in [3.63, 3.8) is 0 Å². The fourth-order valence-electron chi connectivity index (χ4n) is 3.47. The number of hydrogen-bond acceptors (Lipinski definition) is 4. The van der Waals surface area contributed by atoms with E-state index in [4.69, 9.17) is 4.74 Å². The predicted octanol–water partition coefficient (Wildman–Crippen LogP) is 3.14. The van der Waals surface area contributed by atoms with Gasteiger partial charge in [-0.3, -0.25) is 4.98 Å². The summed E-state index contributed by atoms with van der Waals surface area (Å²) in [6, 6.07) is 11.7. The second-order valence-electron chi connectivity index (χ2n) is 7.49. The van der Waals surface area contributed by atoms with Gasteiger partial charge in [0.2, 0.25) is 0 Å². The van der Waals surface area contributed by atoms with Crippen LogP contribution >= 0.6 is 0 Å². The molecule has 1 aliphatic rings. The molecular formula is C22H30N4O2. The summed E-state index contributed by atoms with van der Waals surface area (Å²) in [5.41, 5.74) is 2.14. The summed E-state index contributed by atoms with van der Waals surface area (Å²) in [7, 11) is 3.81. The van der Waals surface area contributed by atoms with Gasteiger partial charge in [-0.2, -0.15) is 0 Å². The number of likely N-dealkylation sites (tertiary alicyclic amines) is 1. The first-order chi connectivity index (χ1) is 13.6. The van der Waals surface area contributed by atoms with Crippen LogP contribution in [0, 0.1) is 5.92 Å². The standard InChI is InChI=1S/C22H30N4O2/c1-25-13-9-18(10-14-25)15-24-22(27)26(17-20-7-11-23-12-8-20)16-19-3-5-21(28-2)6-4-19/h3-8,11-12,18H,9-10,13-17H2,1-2H3,(H,24,27). The van der Waals surface area contributed by atoms with Crippen molar-refractivity contribution < 1.29 is 9.53 Å². The number of urea groups is 1. The highest BCUT2D eigenvalue weighted by Gasteiger charge is 2.20. The molecule has 6 heteroatoms. The monoisotopic (exact) mass is 382 g/mol. The van der Waals surface area contributed by atoms with Crippen molar-refractivity contribution in [2.45, 2.75) is 25.9 Å². The SMILES string of the molecule is COc1ccc(CN(Cc2ccncc2)C(=O)NCC2CCN(C)CC2)cc1. The van der Waals surface area contributed by atoms with E-state index < -0.39 is 0 Å². The number of hydrogen-bond donors (Lipinski definition) is 1. The number of nitrogens with zero attached hydrogens (tertiary/aromatic N) is 3. The molecule has 150 valence electrons. The maximum Gasteiger partial charge on any atom is 0.318 e. The largest absolute Gasteiger partial charge is 0.497 e. The molecule has 2 aromatic rings. The Bertz CT molecular complexity index is 728. The molecule has 1 aliphatic heterocycles. The minimum Gasteiger partial charge on any atom is -0.497 e. The van der Waals surface area contributed by atoms with E-state index in [9.17, 15) is 4.79 Å². The van der Waals surface area contributed by atoms with E-state index in [1.807, 2.05) is 41.3 Å². The Balaban J connectivity index is 1.63. The summed E-state index contributed by atoms with van der Waals surface area (Å²) in [5.74, 6) is 1.38. The van der Waals surface area contributed by atoms with Gasteiger partial charge in [0.25, 0.3) is 0 Å². The van der Waals surface area contributed by atoms with Crippen molar-refractivity contribution in [3.05, 3.63) is 59.9 Å². The molecule has 0 aliphatic carbocycles. The molecule has 1 fully saturated rings. The van der Waals surface area contributed by atoms with Crippen LogP contribution in [0.25, 0.3) is 0 Å². The molecule has 1 aromatic carbocycles. The Morgan fingerprint density at radius 3 is 2.32 bits per heavy atom. The molecule has 3 rings (SSSR count). The first-order valence-electron chi connectivity index (χ1n) is 9.87. The number of nitrogens with one attached hydrogen (secondary N) is 1. The summed E-state index contributed by atoms with van der Waals surface area (Å²) in [5, 5.41) is 3.16. The minimum atomic E-state index is -0.0217. The van der Waals surface area contributed by atoms with E-state index in [2.05, 4.69) is 22.2 Å². The Morgan fingerprint density at radius 2 is 1.71 bits per heavy atom. The Hall–Kier alpha value is -2.60. The Kier molecular flexibility index (Phi) is 7.25. The fraction of sp³-hybridized carbons (Fsp3) is 0.455. The van der Waals surface area contributed by atoms with Crippen LogP contribution in [-0.2, 0) is 13.1 Å². The van der Waals surface area contributed by atoms with Gasteiger partial charge in [0, 0.05) is 32.0 Å². The molecule has 1 N–H and O–H groups in total. The first-order valence-corrected chi connectivity index (χ1v) is 9.87. The zero-order valence-electron chi connectivity index (χ0n) is 16.8. The third-order valence-electron chi connectivity index (χ3n) is 5.32. The molecule has 6 nitrogen and oxygen atoms in total. The molecule has 2 heterocycles. The number of amides is 2. The number of piperidine rings is 1. The third kappa shape index (κ3) is 5.96. The molecule has 0 radical (unpaired) electrons. The van der Waals surface area contributed by atoms with Gasteiger partial charge < -0.3 is 19.9 Å². The normalized spacial score (nSPS) is 15.2. The molecule has 0 bridgehead atoms. The number of aromatic nitrogens is 1. The lowest BCUT2D eigenvalue weighted by Gasteiger charge is -2.30. The van der Waals surface area contributed by atoms with Crippen LogP contribution in [0.3, 0.4) is 0 Å². The smallest absolute Gasteiger partial charge is 0.318 e. The molecule has 0 atom stereocenters. The number of benzene rings is 1. The van der Waals surface area contributed by atoms with E-state index in [0.717, 1.165) is 49.4 Å². The quantitative estimate of drug-likeness (QED) is 0.799. The first kappa shape index (κ1) is 20.1. The zero-order valence-corrected chi connectivity index (χ0v) is 16.8. The number of rotatable bonds is 7. The van der Waals surface area contributed by atoms with Crippen molar-refractivity contribution in [2.75, 3.05) is 33.8 Å². The molecule has 2 amide bonds. The van der Waals surface area contributed by atoms with E-state index in [1.54, 1.807) is 19.5 Å². The predicted molar refractivity (Wildman–Crippen MR) is 110 cm³/mol. The minimum absolute atomic E-state index is 0.0217. The lowest BCUT2D eigenvalue weighted by atomic mass is 9.97. The van der Waals surface area contributed by atoms with Crippen LogP contribution in [0.2, 0.25) is 0 Å². The van der Waals surface area contributed by atoms with Gasteiger partial charge in [0.1, 0.15) is 5.75 Å². The van der Waals surface area contributed by atoms with Crippen LogP contribution < -0.4 is 10.1 Å². The number of carbonyl (C=O) groups is 1. The van der Waals surface area contributed by atoms with Crippen LogP contribution in [0.15, 0.2) is 48.8 Å². The second-order valence-corrected chi connectivity index (χ2v) is 7.49. The molecule has 1 saturated heterocycles. The molecule has 28 heavy (non-hydrogen) atoms. The molecule has 1 aromatic heterocycles. The third-order valence-corrected chi connectivity index (χ3v) is 5.32. The summed E-state index contributed by atoms with van der Waals surface area (Å²) >= 11 is 0. The molecule has 0 unspecified atom stereocenters. The van der Waals surface area contributed by atoms with Crippen LogP contribution in [0.4, 0.5) is 4.79 Å². The van der Waals surface area contributed by atoms with Crippen molar-refractivity contribution in [1.29, 1.82) is 0 Å². The van der Waals surface area contributed by atoms with Gasteiger partial charge in [-0.1, -0.05) is 12.1 Å². The van der Waals surface area contributed by atoms with E-state index in [1.165, 1.54) is 0 Å². The zero-order chi connectivity index (χ0) is 19.8.